The molecule has 0 saturated heterocycles. The fourth-order valence-corrected chi connectivity index (χ4v) is 4.08. The molecule has 0 saturated carbocycles. The molecular formula is C27H34N4O2+2. The Morgan fingerprint density at radius 2 is 1.03 bits per heavy atom. The van der Waals surface area contributed by atoms with Gasteiger partial charge in [-0.15, -0.1) is 0 Å². The third kappa shape index (κ3) is 6.88. The molecular weight excluding hydrogens is 412 g/mol. The highest BCUT2D eigenvalue weighted by Crippen LogP contribution is 2.13. The van der Waals surface area contributed by atoms with Crippen molar-refractivity contribution in [3.63, 3.8) is 0 Å². The number of aromatic nitrogens is 4. The van der Waals surface area contributed by atoms with Crippen molar-refractivity contribution in [2.75, 3.05) is 0 Å². The third-order valence-corrected chi connectivity index (χ3v) is 5.96. The summed E-state index contributed by atoms with van der Waals surface area (Å²) < 4.78 is 8.46. The molecule has 33 heavy (non-hydrogen) atoms. The van der Waals surface area contributed by atoms with E-state index in [1.807, 2.05) is 82.2 Å². The maximum absolute atomic E-state index is 10.4. The first-order chi connectivity index (χ1) is 16.2. The SMILES string of the molecule is OC(C[n+]1ccn(CCCCCn2cc[n+](CC(O)c3ccccc3)c2)c1)c1ccccc1. The molecule has 0 bridgehead atoms. The number of rotatable bonds is 12. The van der Waals surface area contributed by atoms with E-state index in [1.165, 1.54) is 0 Å². The predicted octanol–water partition coefficient (Wildman–Crippen LogP) is 3.20. The summed E-state index contributed by atoms with van der Waals surface area (Å²) in [4.78, 5) is 0. The van der Waals surface area contributed by atoms with Crippen LogP contribution in [0.1, 0.15) is 42.6 Å². The average molecular weight is 447 g/mol. The Morgan fingerprint density at radius 3 is 1.45 bits per heavy atom. The molecule has 2 atom stereocenters. The Labute approximate surface area is 195 Å². The molecule has 4 aromatic rings. The van der Waals surface area contributed by atoms with E-state index in [2.05, 4.69) is 34.2 Å². The molecule has 172 valence electrons. The largest absolute Gasteiger partial charge is 0.384 e. The molecule has 0 radical (unpaired) electrons. The maximum atomic E-state index is 10.4. The lowest BCUT2D eigenvalue weighted by atomic mass is 10.1. The minimum atomic E-state index is -0.495. The van der Waals surface area contributed by atoms with Gasteiger partial charge in [-0.05, 0) is 30.4 Å². The second kappa shape index (κ2) is 11.6. The number of nitrogens with zero attached hydrogens (tertiary/aromatic N) is 4. The van der Waals surface area contributed by atoms with Crippen LogP contribution < -0.4 is 9.13 Å². The van der Waals surface area contributed by atoms with E-state index in [-0.39, 0.29) is 0 Å². The summed E-state index contributed by atoms with van der Waals surface area (Å²) in [6.07, 6.45) is 14.7. The zero-order chi connectivity index (χ0) is 22.9. The first kappa shape index (κ1) is 23.0. The number of aliphatic hydroxyl groups is 2. The van der Waals surface area contributed by atoms with Gasteiger partial charge in [0, 0.05) is 0 Å². The van der Waals surface area contributed by atoms with E-state index in [0.29, 0.717) is 13.1 Å². The zero-order valence-corrected chi connectivity index (χ0v) is 19.0. The molecule has 0 fully saturated rings. The molecule has 2 unspecified atom stereocenters. The number of unbranched alkanes of at least 4 members (excludes halogenated alkanes) is 2. The molecule has 0 amide bonds. The Kier molecular flexibility index (Phi) is 8.06. The topological polar surface area (TPSA) is 58.1 Å². The van der Waals surface area contributed by atoms with E-state index in [0.717, 1.165) is 43.5 Å². The second-order valence-electron chi connectivity index (χ2n) is 8.61. The van der Waals surface area contributed by atoms with Crippen molar-refractivity contribution in [1.29, 1.82) is 0 Å². The molecule has 2 N–H and O–H groups in total. The summed E-state index contributed by atoms with van der Waals surface area (Å²) >= 11 is 0. The smallest absolute Gasteiger partial charge is 0.243 e. The molecule has 2 aromatic carbocycles. The normalized spacial score (nSPS) is 13.2. The summed E-state index contributed by atoms with van der Waals surface area (Å²) in [5.41, 5.74) is 1.89. The summed E-state index contributed by atoms with van der Waals surface area (Å²) in [5, 5.41) is 20.8. The van der Waals surface area contributed by atoms with Crippen molar-refractivity contribution in [3.8, 4) is 0 Å². The van der Waals surface area contributed by atoms with Crippen LogP contribution in [0.15, 0.2) is 98.1 Å². The van der Waals surface area contributed by atoms with Crippen LogP contribution in [0, 0.1) is 0 Å². The van der Waals surface area contributed by atoms with Gasteiger partial charge in [-0.25, -0.2) is 18.3 Å². The Bertz CT molecular complexity index is 1000. The van der Waals surface area contributed by atoms with Gasteiger partial charge in [0.05, 0.1) is 13.1 Å². The number of aryl methyl sites for hydroxylation is 2. The highest BCUT2D eigenvalue weighted by atomic mass is 16.3. The highest BCUT2D eigenvalue weighted by molar-refractivity contribution is 5.17. The molecule has 6 nitrogen and oxygen atoms in total. The first-order valence-corrected chi connectivity index (χ1v) is 11.7. The van der Waals surface area contributed by atoms with Crippen molar-refractivity contribution in [2.45, 2.75) is 57.6 Å². The lowest BCUT2D eigenvalue weighted by Crippen LogP contribution is -2.34. The number of aliphatic hydroxyl groups excluding tert-OH is 2. The van der Waals surface area contributed by atoms with Crippen LogP contribution >= 0.6 is 0 Å². The van der Waals surface area contributed by atoms with E-state index in [4.69, 9.17) is 0 Å². The van der Waals surface area contributed by atoms with E-state index in [1.54, 1.807) is 0 Å². The molecule has 0 aliphatic rings. The van der Waals surface area contributed by atoms with Crippen molar-refractivity contribution in [1.82, 2.24) is 9.13 Å². The molecule has 0 spiro atoms. The zero-order valence-electron chi connectivity index (χ0n) is 19.0. The van der Waals surface area contributed by atoms with Crippen molar-refractivity contribution >= 4 is 0 Å². The number of benzene rings is 2. The van der Waals surface area contributed by atoms with Gasteiger partial charge < -0.3 is 10.2 Å². The minimum Gasteiger partial charge on any atom is -0.384 e. The van der Waals surface area contributed by atoms with Gasteiger partial charge >= 0.3 is 0 Å². The average Bonchev–Trinajstić information content (AvgIpc) is 3.49. The Morgan fingerprint density at radius 1 is 0.606 bits per heavy atom. The summed E-state index contributed by atoms with van der Waals surface area (Å²) in [6.45, 7) is 3.07. The molecule has 6 heteroatoms. The van der Waals surface area contributed by atoms with Gasteiger partial charge in [-0.3, -0.25) is 0 Å². The lowest BCUT2D eigenvalue weighted by Gasteiger charge is -2.07. The summed E-state index contributed by atoms with van der Waals surface area (Å²) in [7, 11) is 0. The fourth-order valence-electron chi connectivity index (χ4n) is 4.08. The van der Waals surface area contributed by atoms with Gasteiger partial charge in [-0.2, -0.15) is 0 Å². The van der Waals surface area contributed by atoms with Crippen LogP contribution in [0.25, 0.3) is 0 Å². The van der Waals surface area contributed by atoms with Crippen molar-refractivity contribution in [2.24, 2.45) is 0 Å². The van der Waals surface area contributed by atoms with Crippen LogP contribution in [0.4, 0.5) is 0 Å². The second-order valence-corrected chi connectivity index (χ2v) is 8.61. The predicted molar refractivity (Wildman–Crippen MR) is 126 cm³/mol. The van der Waals surface area contributed by atoms with Crippen molar-refractivity contribution < 1.29 is 19.3 Å². The van der Waals surface area contributed by atoms with E-state index < -0.39 is 12.2 Å². The number of hydrogen-bond donors (Lipinski definition) is 2. The molecule has 4 rings (SSSR count). The fraction of sp³-hybridized carbons (Fsp3) is 0.333. The van der Waals surface area contributed by atoms with E-state index in [9.17, 15) is 10.2 Å². The van der Waals surface area contributed by atoms with Gasteiger partial charge in [0.2, 0.25) is 12.7 Å². The molecule has 2 aromatic heterocycles. The van der Waals surface area contributed by atoms with Crippen LogP contribution in [0.5, 0.6) is 0 Å². The molecule has 0 aliphatic carbocycles. The Balaban J connectivity index is 1.14. The number of imidazole rings is 2. The number of hydrogen-bond acceptors (Lipinski definition) is 2. The van der Waals surface area contributed by atoms with Crippen LogP contribution in [-0.4, -0.2) is 19.3 Å². The van der Waals surface area contributed by atoms with E-state index >= 15 is 0 Å². The molecule has 2 heterocycles. The van der Waals surface area contributed by atoms with Gasteiger partial charge in [0.15, 0.2) is 0 Å². The summed E-state index contributed by atoms with van der Waals surface area (Å²) in [6, 6.07) is 19.6. The van der Waals surface area contributed by atoms with Crippen LogP contribution in [0.2, 0.25) is 0 Å². The highest BCUT2D eigenvalue weighted by Gasteiger charge is 2.13. The Hall–Kier alpha value is -3.22. The van der Waals surface area contributed by atoms with Gasteiger partial charge in [0.1, 0.15) is 50.1 Å². The van der Waals surface area contributed by atoms with Gasteiger partial charge in [0.25, 0.3) is 0 Å². The summed E-state index contributed by atoms with van der Waals surface area (Å²) in [5.74, 6) is 0. The third-order valence-electron chi connectivity index (χ3n) is 5.96. The quantitative estimate of drug-likeness (QED) is 0.259. The lowest BCUT2D eigenvalue weighted by molar-refractivity contribution is -0.704. The first-order valence-electron chi connectivity index (χ1n) is 11.7. The minimum absolute atomic E-state index is 0.495. The van der Waals surface area contributed by atoms with Crippen LogP contribution in [0.3, 0.4) is 0 Å². The van der Waals surface area contributed by atoms with Crippen LogP contribution in [-0.2, 0) is 26.2 Å². The maximum Gasteiger partial charge on any atom is 0.243 e. The van der Waals surface area contributed by atoms with Gasteiger partial charge in [-0.1, -0.05) is 60.7 Å². The molecule has 0 aliphatic heterocycles. The standard InChI is InChI=1S/C27H34N4O2/c32-26(24-10-4-1-5-11-24)20-30-18-16-28(22-30)14-8-3-9-15-29-17-19-31(23-29)21-27(33)25-12-6-2-7-13-25/h1-2,4-7,10-13,16-19,22-23,26-27,32-33H,3,8-9,14-15,20-21H2/q+2. The monoisotopic (exact) mass is 446 g/mol. The van der Waals surface area contributed by atoms with Crippen molar-refractivity contribution in [3.05, 3.63) is 109 Å².